The van der Waals surface area contributed by atoms with E-state index in [-0.39, 0.29) is 0 Å². The second-order valence-electron chi connectivity index (χ2n) is 4.40. The second kappa shape index (κ2) is 6.43. The Labute approximate surface area is 122 Å². The van der Waals surface area contributed by atoms with E-state index in [1.165, 1.54) is 5.56 Å². The van der Waals surface area contributed by atoms with Crippen LogP contribution in [0.4, 0.5) is 5.82 Å². The number of hydrogen-bond acceptors (Lipinski definition) is 2. The van der Waals surface area contributed by atoms with Gasteiger partial charge in [-0.15, -0.1) is 0 Å². The second-order valence-corrected chi connectivity index (χ2v) is 5.25. The third-order valence-corrected chi connectivity index (χ3v) is 3.29. The maximum absolute atomic E-state index is 4.44. The highest BCUT2D eigenvalue weighted by atomic mass is 79.9. The van der Waals surface area contributed by atoms with E-state index < -0.39 is 0 Å². The molecule has 2 nitrogen and oxygen atoms in total. The van der Waals surface area contributed by atoms with Crippen molar-refractivity contribution in [2.45, 2.75) is 6.54 Å². The molecule has 1 aromatic heterocycles. The number of halogens is 1. The highest BCUT2D eigenvalue weighted by Crippen LogP contribution is 2.25. The van der Waals surface area contributed by atoms with E-state index in [0.29, 0.717) is 6.54 Å². The third-order valence-electron chi connectivity index (χ3n) is 2.67. The molecule has 96 valence electrons. The predicted molar refractivity (Wildman–Crippen MR) is 83.9 cm³/mol. The van der Waals surface area contributed by atoms with Gasteiger partial charge in [0.15, 0.2) is 0 Å². The van der Waals surface area contributed by atoms with Gasteiger partial charge in [0, 0.05) is 26.2 Å². The molecule has 0 saturated heterocycles. The van der Waals surface area contributed by atoms with Crippen LogP contribution in [0.25, 0.3) is 0 Å². The summed E-state index contributed by atoms with van der Waals surface area (Å²) in [5, 5.41) is 0. The molecule has 2 aromatic rings. The molecule has 1 aromatic carbocycles. The van der Waals surface area contributed by atoms with Crippen molar-refractivity contribution in [2.24, 2.45) is 0 Å². The molecule has 0 amide bonds. The zero-order chi connectivity index (χ0) is 13.7. The van der Waals surface area contributed by atoms with Crippen LogP contribution in [0, 0.1) is 6.92 Å². The van der Waals surface area contributed by atoms with Gasteiger partial charge in [-0.05, 0) is 33.6 Å². The molecule has 0 aliphatic carbocycles. The molecule has 0 atom stereocenters. The molecular formula is C16H16BrN2+. The van der Waals surface area contributed by atoms with Gasteiger partial charge in [-0.25, -0.2) is 4.98 Å². The smallest absolute Gasteiger partial charge is 0.143 e. The van der Waals surface area contributed by atoms with Crippen LogP contribution in [0.5, 0.6) is 0 Å². The third kappa shape index (κ3) is 3.86. The molecular weight excluding hydrogens is 300 g/mol. The van der Waals surface area contributed by atoms with Crippen molar-refractivity contribution in [1.29, 1.82) is 0 Å². The molecule has 0 aliphatic rings. The van der Waals surface area contributed by atoms with Crippen molar-refractivity contribution in [2.75, 3.05) is 11.4 Å². The van der Waals surface area contributed by atoms with Crippen LogP contribution < -0.4 is 4.90 Å². The van der Waals surface area contributed by atoms with Crippen molar-refractivity contribution in [1.82, 2.24) is 4.98 Å². The number of rotatable bonds is 5. The van der Waals surface area contributed by atoms with Crippen molar-refractivity contribution in [3.05, 3.63) is 77.8 Å². The number of aromatic nitrogens is 1. The zero-order valence-corrected chi connectivity index (χ0v) is 12.3. The van der Waals surface area contributed by atoms with Gasteiger partial charge in [0.1, 0.15) is 11.4 Å². The summed E-state index contributed by atoms with van der Waals surface area (Å²) in [6.07, 6.45) is 1.80. The lowest BCUT2D eigenvalue weighted by molar-refractivity contribution is 0.831. The van der Waals surface area contributed by atoms with Gasteiger partial charge < -0.3 is 4.90 Å². The van der Waals surface area contributed by atoms with Crippen LogP contribution in [0.3, 0.4) is 0 Å². The first-order valence-electron chi connectivity index (χ1n) is 6.06. The average molecular weight is 316 g/mol. The van der Waals surface area contributed by atoms with E-state index in [1.54, 1.807) is 6.20 Å². The Kier molecular flexibility index (Phi) is 4.63. The Morgan fingerprint density at radius 2 is 1.95 bits per heavy atom. The van der Waals surface area contributed by atoms with Gasteiger partial charge in [-0.3, -0.25) is 0 Å². The van der Waals surface area contributed by atoms with Gasteiger partial charge in [-0.1, -0.05) is 30.3 Å². The fourth-order valence-corrected chi connectivity index (χ4v) is 2.40. The van der Waals surface area contributed by atoms with Crippen LogP contribution in [0.2, 0.25) is 0 Å². The van der Waals surface area contributed by atoms with E-state index in [9.17, 15) is 0 Å². The molecule has 3 heteroatoms. The topological polar surface area (TPSA) is 16.1 Å². The van der Waals surface area contributed by atoms with E-state index in [0.717, 1.165) is 22.4 Å². The highest BCUT2D eigenvalue weighted by Gasteiger charge is 2.13. The number of pyridine rings is 1. The minimum atomic E-state index is 0.685. The van der Waals surface area contributed by atoms with Gasteiger partial charge in [0.05, 0.1) is 11.0 Å². The average Bonchev–Trinajstić information content (AvgIpc) is 2.39. The molecule has 0 radical (unpaired) electrons. The summed E-state index contributed by atoms with van der Waals surface area (Å²) in [5.74, 6) is 0.913. The summed E-state index contributed by atoms with van der Waals surface area (Å²) < 4.78 is 0.979. The summed E-state index contributed by atoms with van der Waals surface area (Å²) in [7, 11) is 0. The first kappa shape index (κ1) is 13.7. The zero-order valence-electron chi connectivity index (χ0n) is 10.7. The van der Waals surface area contributed by atoms with Crippen LogP contribution in [0.15, 0.2) is 65.3 Å². The van der Waals surface area contributed by atoms with E-state index in [4.69, 9.17) is 0 Å². The first-order chi connectivity index (χ1) is 9.16. The monoisotopic (exact) mass is 315 g/mol. The van der Waals surface area contributed by atoms with Gasteiger partial charge in [0.2, 0.25) is 0 Å². The Bertz CT molecular complexity index is 552. The number of hydrogen-bond donors (Lipinski definition) is 0. The molecule has 0 fully saturated rings. The maximum Gasteiger partial charge on any atom is 0.143 e. The fraction of sp³-hybridized carbons (Fsp3) is 0.125. The summed E-state index contributed by atoms with van der Waals surface area (Å²) in [5.41, 5.74) is 2.11. The van der Waals surface area contributed by atoms with Crippen LogP contribution in [0.1, 0.15) is 5.56 Å². The molecule has 0 N–H and O–H groups in total. The van der Waals surface area contributed by atoms with Crippen LogP contribution in [-0.2, 0) is 6.54 Å². The molecule has 0 saturated carbocycles. The summed E-state index contributed by atoms with van der Waals surface area (Å²) in [6.45, 7) is 9.26. The highest BCUT2D eigenvalue weighted by molar-refractivity contribution is 9.10. The molecule has 0 unspecified atom stereocenters. The molecule has 0 bridgehead atoms. The largest absolute Gasteiger partial charge is 0.343 e. The first-order valence-corrected chi connectivity index (χ1v) is 6.85. The maximum atomic E-state index is 4.44. The lowest BCUT2D eigenvalue weighted by atomic mass is 10.2. The Morgan fingerprint density at radius 3 is 2.58 bits per heavy atom. The SMILES string of the molecule is C=C([CH2+])CN(Cc1ccccc1)c1ncccc1Br. The predicted octanol–water partition coefficient (Wildman–Crippen LogP) is 4.24. The molecule has 2 rings (SSSR count). The van der Waals surface area contributed by atoms with E-state index >= 15 is 0 Å². The van der Waals surface area contributed by atoms with Crippen LogP contribution >= 0.6 is 15.9 Å². The fourth-order valence-electron chi connectivity index (χ4n) is 1.89. The Hall–Kier alpha value is -1.74. The van der Waals surface area contributed by atoms with Gasteiger partial charge in [-0.2, -0.15) is 0 Å². The van der Waals surface area contributed by atoms with Gasteiger partial charge >= 0.3 is 0 Å². The summed E-state index contributed by atoms with van der Waals surface area (Å²) in [4.78, 5) is 6.60. The number of benzene rings is 1. The lowest BCUT2D eigenvalue weighted by Crippen LogP contribution is -2.25. The lowest BCUT2D eigenvalue weighted by Gasteiger charge is -2.23. The molecule has 19 heavy (non-hydrogen) atoms. The molecule has 0 aliphatic heterocycles. The van der Waals surface area contributed by atoms with Crippen molar-refractivity contribution >= 4 is 21.7 Å². The molecule has 0 spiro atoms. The van der Waals surface area contributed by atoms with Crippen molar-refractivity contribution in [3.8, 4) is 0 Å². The van der Waals surface area contributed by atoms with Crippen molar-refractivity contribution < 1.29 is 0 Å². The number of nitrogens with zero attached hydrogens (tertiary/aromatic N) is 2. The van der Waals surface area contributed by atoms with E-state index in [1.807, 2.05) is 30.3 Å². The van der Waals surface area contributed by atoms with Crippen molar-refractivity contribution in [3.63, 3.8) is 0 Å². The standard InChI is InChI=1S/C16H16BrN2/c1-13(2)11-19(12-14-7-4-3-5-8-14)16-15(17)9-6-10-18-16/h3-10H,1-2,11-12H2/q+1. The minimum absolute atomic E-state index is 0.685. The minimum Gasteiger partial charge on any atom is -0.343 e. The van der Waals surface area contributed by atoms with Gasteiger partial charge in [0.25, 0.3) is 0 Å². The Balaban J connectivity index is 2.26. The van der Waals surface area contributed by atoms with E-state index in [2.05, 4.69) is 51.4 Å². The number of anilines is 1. The summed E-state index contributed by atoms with van der Waals surface area (Å²) in [6, 6.07) is 14.2. The molecule has 1 heterocycles. The quantitative estimate of drug-likeness (QED) is 0.767. The van der Waals surface area contributed by atoms with Crippen LogP contribution in [-0.4, -0.2) is 11.5 Å². The normalized spacial score (nSPS) is 10.2. The Morgan fingerprint density at radius 1 is 1.21 bits per heavy atom. The summed E-state index contributed by atoms with van der Waals surface area (Å²) >= 11 is 3.55.